The molecule has 3 aromatic heterocycles. The molecule has 0 bridgehead atoms. The van der Waals surface area contributed by atoms with Gasteiger partial charge < -0.3 is 4.57 Å². The molecule has 224 valence electrons. The first-order valence-electron chi connectivity index (χ1n) is 16.0. The number of nitrogens with zero attached hydrogens (tertiary/aromatic N) is 4. The molecule has 10 rings (SSSR count). The van der Waals surface area contributed by atoms with Gasteiger partial charge in [0, 0.05) is 53.3 Å². The Kier molecular flexibility index (Phi) is 6.01. The standard InChI is InChI=1S/C43H26N4S/c1-3-13-27(14-4-1)41-44-42(28-15-5-2-6-16-28)46-43(45-41)35-25-31(26-39-40(35)33-20-10-12-22-38(33)48-39)47-36-21-11-9-19-32(36)34-23-29-17-7-8-18-30(29)24-37(34)47/h1-26H. The zero-order chi connectivity index (χ0) is 31.6. The number of aromatic nitrogens is 4. The Hall–Kier alpha value is -6.17. The number of rotatable bonds is 4. The van der Waals surface area contributed by atoms with Crippen molar-refractivity contribution in [2.45, 2.75) is 0 Å². The third-order valence-electron chi connectivity index (χ3n) is 9.20. The second-order valence-corrected chi connectivity index (χ2v) is 13.2. The molecule has 0 unspecified atom stereocenters. The molecule has 0 spiro atoms. The third-order valence-corrected chi connectivity index (χ3v) is 10.3. The minimum atomic E-state index is 0.654. The van der Waals surface area contributed by atoms with Gasteiger partial charge in [-0.3, -0.25) is 0 Å². The third kappa shape index (κ3) is 4.25. The average molecular weight is 631 g/mol. The van der Waals surface area contributed by atoms with Gasteiger partial charge >= 0.3 is 0 Å². The van der Waals surface area contributed by atoms with E-state index in [-0.39, 0.29) is 0 Å². The highest BCUT2D eigenvalue weighted by Crippen LogP contribution is 2.43. The van der Waals surface area contributed by atoms with Crippen LogP contribution in [0.3, 0.4) is 0 Å². The fourth-order valence-electron chi connectivity index (χ4n) is 7.01. The van der Waals surface area contributed by atoms with Crippen molar-refractivity contribution >= 4 is 64.1 Å². The topological polar surface area (TPSA) is 43.6 Å². The Morgan fingerprint density at radius 1 is 0.417 bits per heavy atom. The van der Waals surface area contributed by atoms with E-state index in [1.165, 1.54) is 47.4 Å². The highest BCUT2D eigenvalue weighted by molar-refractivity contribution is 7.26. The lowest BCUT2D eigenvalue weighted by Gasteiger charge is -2.13. The summed E-state index contributed by atoms with van der Waals surface area (Å²) in [5.41, 5.74) is 6.31. The van der Waals surface area contributed by atoms with Crippen molar-refractivity contribution in [3.8, 4) is 39.9 Å². The Balaban J connectivity index is 1.32. The van der Waals surface area contributed by atoms with Gasteiger partial charge in [-0.1, -0.05) is 121 Å². The monoisotopic (exact) mass is 630 g/mol. The summed E-state index contributed by atoms with van der Waals surface area (Å²) in [6, 6.07) is 55.6. The van der Waals surface area contributed by atoms with E-state index in [4.69, 9.17) is 15.0 Å². The molecule has 0 fully saturated rings. The Morgan fingerprint density at radius 3 is 1.73 bits per heavy atom. The van der Waals surface area contributed by atoms with Crippen molar-refractivity contribution in [1.82, 2.24) is 19.5 Å². The molecule has 0 N–H and O–H groups in total. The van der Waals surface area contributed by atoms with Crippen molar-refractivity contribution in [3.05, 3.63) is 158 Å². The van der Waals surface area contributed by atoms with Gasteiger partial charge in [-0.15, -0.1) is 11.3 Å². The molecular formula is C43H26N4S. The van der Waals surface area contributed by atoms with E-state index in [0.717, 1.165) is 27.8 Å². The van der Waals surface area contributed by atoms with Crippen molar-refractivity contribution in [1.29, 1.82) is 0 Å². The van der Waals surface area contributed by atoms with Crippen LogP contribution in [0.1, 0.15) is 0 Å². The SMILES string of the molecule is c1ccc(-c2nc(-c3ccccc3)nc(-c3cc(-n4c5ccccc5c5cc6ccccc6cc54)cc4sc5ccccc5c34)n2)cc1. The lowest BCUT2D eigenvalue weighted by molar-refractivity contribution is 1.07. The van der Waals surface area contributed by atoms with Gasteiger partial charge in [0.2, 0.25) is 0 Å². The molecule has 0 atom stereocenters. The molecule has 0 radical (unpaired) electrons. The summed E-state index contributed by atoms with van der Waals surface area (Å²) in [6.45, 7) is 0. The van der Waals surface area contributed by atoms with Gasteiger partial charge in [0.05, 0.1) is 11.0 Å². The van der Waals surface area contributed by atoms with E-state index in [0.29, 0.717) is 17.5 Å². The van der Waals surface area contributed by atoms with E-state index >= 15 is 0 Å². The van der Waals surface area contributed by atoms with Crippen LogP contribution in [-0.2, 0) is 0 Å². The van der Waals surface area contributed by atoms with Crippen molar-refractivity contribution < 1.29 is 0 Å². The predicted molar refractivity (Wildman–Crippen MR) is 201 cm³/mol. The van der Waals surface area contributed by atoms with Crippen molar-refractivity contribution in [3.63, 3.8) is 0 Å². The maximum Gasteiger partial charge on any atom is 0.164 e. The highest BCUT2D eigenvalue weighted by Gasteiger charge is 2.21. The molecule has 0 saturated carbocycles. The minimum Gasteiger partial charge on any atom is -0.309 e. The largest absolute Gasteiger partial charge is 0.309 e. The molecule has 3 heterocycles. The number of hydrogen-bond acceptors (Lipinski definition) is 4. The number of fused-ring (bicyclic) bond motifs is 7. The maximum absolute atomic E-state index is 5.20. The highest BCUT2D eigenvalue weighted by atomic mass is 32.1. The van der Waals surface area contributed by atoms with Gasteiger partial charge in [0.1, 0.15) is 0 Å². The van der Waals surface area contributed by atoms with Crippen LogP contribution in [-0.4, -0.2) is 19.5 Å². The average Bonchev–Trinajstić information content (AvgIpc) is 3.69. The van der Waals surface area contributed by atoms with Crippen LogP contribution in [0.5, 0.6) is 0 Å². The molecular weight excluding hydrogens is 605 g/mol. The Bertz CT molecular complexity index is 2780. The van der Waals surface area contributed by atoms with E-state index in [2.05, 4.69) is 126 Å². The predicted octanol–water partition coefficient (Wildman–Crippen LogP) is 11.5. The number of para-hydroxylation sites is 1. The molecule has 0 amide bonds. The van der Waals surface area contributed by atoms with Crippen LogP contribution < -0.4 is 0 Å². The smallest absolute Gasteiger partial charge is 0.164 e. The van der Waals surface area contributed by atoms with Gasteiger partial charge in [0.15, 0.2) is 17.5 Å². The Morgan fingerprint density at radius 2 is 1.00 bits per heavy atom. The number of thiophene rings is 1. The first-order valence-corrected chi connectivity index (χ1v) is 16.9. The lowest BCUT2D eigenvalue weighted by Crippen LogP contribution is -2.01. The van der Waals surface area contributed by atoms with Crippen LogP contribution in [0.15, 0.2) is 158 Å². The van der Waals surface area contributed by atoms with Crippen molar-refractivity contribution in [2.24, 2.45) is 0 Å². The van der Waals surface area contributed by atoms with Crippen LogP contribution >= 0.6 is 11.3 Å². The number of hydrogen-bond donors (Lipinski definition) is 0. The van der Waals surface area contributed by atoms with Crippen LogP contribution in [0.2, 0.25) is 0 Å². The van der Waals surface area contributed by atoms with E-state index in [9.17, 15) is 0 Å². The fourth-order valence-corrected chi connectivity index (χ4v) is 8.17. The summed E-state index contributed by atoms with van der Waals surface area (Å²) in [6.07, 6.45) is 0. The van der Waals surface area contributed by atoms with E-state index in [1.54, 1.807) is 0 Å². The maximum atomic E-state index is 5.20. The van der Waals surface area contributed by atoms with E-state index in [1.807, 2.05) is 47.7 Å². The van der Waals surface area contributed by atoms with Gasteiger partial charge in [0.25, 0.3) is 0 Å². The summed E-state index contributed by atoms with van der Waals surface area (Å²) in [5.74, 6) is 1.96. The first-order chi connectivity index (χ1) is 23.8. The lowest BCUT2D eigenvalue weighted by atomic mass is 10.0. The molecule has 5 heteroatoms. The first kappa shape index (κ1) is 27.0. The summed E-state index contributed by atoms with van der Waals surface area (Å²) >= 11 is 1.81. The quantitative estimate of drug-likeness (QED) is 0.194. The van der Waals surface area contributed by atoms with Gasteiger partial charge in [-0.2, -0.15) is 0 Å². The second-order valence-electron chi connectivity index (χ2n) is 12.1. The van der Waals surface area contributed by atoms with Gasteiger partial charge in [-0.25, -0.2) is 15.0 Å². The molecule has 0 aliphatic rings. The summed E-state index contributed by atoms with van der Waals surface area (Å²) in [4.78, 5) is 15.4. The van der Waals surface area contributed by atoms with Crippen molar-refractivity contribution in [2.75, 3.05) is 0 Å². The second kappa shape index (κ2) is 10.7. The zero-order valence-corrected chi connectivity index (χ0v) is 26.5. The van der Waals surface area contributed by atoms with Crippen LogP contribution in [0, 0.1) is 0 Å². The summed E-state index contributed by atoms with van der Waals surface area (Å²) < 4.78 is 4.83. The molecule has 0 aliphatic carbocycles. The number of benzene rings is 7. The van der Waals surface area contributed by atoms with E-state index < -0.39 is 0 Å². The molecule has 7 aromatic carbocycles. The normalized spacial score (nSPS) is 11.8. The molecule has 0 aliphatic heterocycles. The zero-order valence-electron chi connectivity index (χ0n) is 25.7. The summed E-state index contributed by atoms with van der Waals surface area (Å²) in [7, 11) is 0. The van der Waals surface area contributed by atoms with Crippen LogP contribution in [0.25, 0.3) is 92.6 Å². The minimum absolute atomic E-state index is 0.654. The van der Waals surface area contributed by atoms with Gasteiger partial charge in [-0.05, 0) is 47.2 Å². The Labute approximate surface area is 280 Å². The molecule has 10 aromatic rings. The van der Waals surface area contributed by atoms with Crippen LogP contribution in [0.4, 0.5) is 0 Å². The fraction of sp³-hybridized carbons (Fsp3) is 0. The summed E-state index contributed by atoms with van der Waals surface area (Å²) in [5, 5.41) is 7.29. The molecule has 4 nitrogen and oxygen atoms in total. The molecule has 48 heavy (non-hydrogen) atoms. The molecule has 0 saturated heterocycles.